The van der Waals surface area contributed by atoms with Gasteiger partial charge in [-0.3, -0.25) is 0 Å². The molecular formula is C17H16NO. The van der Waals surface area contributed by atoms with E-state index in [2.05, 4.69) is 18.3 Å². The first kappa shape index (κ1) is 11.8. The van der Waals surface area contributed by atoms with Crippen molar-refractivity contribution in [1.82, 2.24) is 0 Å². The molecule has 19 heavy (non-hydrogen) atoms. The van der Waals surface area contributed by atoms with E-state index in [0.717, 1.165) is 22.6 Å². The third kappa shape index (κ3) is 2.34. The highest BCUT2D eigenvalue weighted by Crippen LogP contribution is 2.31. The number of ether oxygens (including phenoxy) is 1. The molecule has 0 spiro atoms. The molecule has 2 heteroatoms. The summed E-state index contributed by atoms with van der Waals surface area (Å²) in [5.74, 6) is 0.890. The first-order chi connectivity index (χ1) is 9.16. The van der Waals surface area contributed by atoms with Crippen molar-refractivity contribution in [2.45, 2.75) is 12.6 Å². The second-order valence-corrected chi connectivity index (χ2v) is 4.86. The molecule has 2 aromatic carbocycles. The number of para-hydroxylation sites is 2. The van der Waals surface area contributed by atoms with Gasteiger partial charge in [-0.15, -0.1) is 0 Å². The van der Waals surface area contributed by atoms with Crippen LogP contribution in [0.1, 0.15) is 18.1 Å². The number of benzene rings is 2. The molecule has 0 saturated heterocycles. The van der Waals surface area contributed by atoms with E-state index < -0.39 is 5.72 Å². The molecule has 1 atom stereocenters. The lowest BCUT2D eigenvalue weighted by atomic mass is 10.1. The molecule has 2 aromatic rings. The SMILES string of the molecule is [CH2]c1ccccc1NC1(C)C=Cc2ccccc2O1. The smallest absolute Gasteiger partial charge is 0.197 e. The van der Waals surface area contributed by atoms with Crippen LogP contribution in [0.4, 0.5) is 5.69 Å². The first-order valence-electron chi connectivity index (χ1n) is 6.33. The third-order valence-corrected chi connectivity index (χ3v) is 3.22. The van der Waals surface area contributed by atoms with Crippen molar-refractivity contribution in [3.8, 4) is 5.75 Å². The largest absolute Gasteiger partial charge is 0.464 e. The second kappa shape index (κ2) is 4.47. The first-order valence-corrected chi connectivity index (χ1v) is 6.33. The molecule has 0 aromatic heterocycles. The Morgan fingerprint density at radius 3 is 2.63 bits per heavy atom. The van der Waals surface area contributed by atoms with Gasteiger partial charge in [0.1, 0.15) is 5.75 Å². The van der Waals surface area contributed by atoms with Gasteiger partial charge in [0, 0.05) is 11.3 Å². The summed E-state index contributed by atoms with van der Waals surface area (Å²) in [6, 6.07) is 16.0. The van der Waals surface area contributed by atoms with E-state index >= 15 is 0 Å². The maximum Gasteiger partial charge on any atom is 0.197 e. The molecule has 3 rings (SSSR count). The summed E-state index contributed by atoms with van der Waals surface area (Å²) in [5.41, 5.74) is 2.49. The molecule has 1 heterocycles. The van der Waals surface area contributed by atoms with Crippen LogP contribution < -0.4 is 10.1 Å². The lowest BCUT2D eigenvalue weighted by Crippen LogP contribution is -2.40. The third-order valence-electron chi connectivity index (χ3n) is 3.22. The predicted molar refractivity (Wildman–Crippen MR) is 79.0 cm³/mol. The Hall–Kier alpha value is -2.22. The summed E-state index contributed by atoms with van der Waals surface area (Å²) in [6.07, 6.45) is 4.11. The fraction of sp³-hybridized carbons (Fsp3) is 0.118. The lowest BCUT2D eigenvalue weighted by Gasteiger charge is -2.33. The van der Waals surface area contributed by atoms with Crippen LogP contribution in [-0.4, -0.2) is 5.72 Å². The van der Waals surface area contributed by atoms with E-state index in [-0.39, 0.29) is 0 Å². The van der Waals surface area contributed by atoms with E-state index in [0.29, 0.717) is 0 Å². The number of nitrogens with one attached hydrogen (secondary N) is 1. The number of hydrogen-bond acceptors (Lipinski definition) is 2. The Morgan fingerprint density at radius 1 is 1.05 bits per heavy atom. The molecule has 0 aliphatic carbocycles. The van der Waals surface area contributed by atoms with Gasteiger partial charge in [-0.2, -0.15) is 0 Å². The average molecular weight is 250 g/mol. The van der Waals surface area contributed by atoms with Crippen molar-refractivity contribution in [3.63, 3.8) is 0 Å². The van der Waals surface area contributed by atoms with Crippen LogP contribution >= 0.6 is 0 Å². The van der Waals surface area contributed by atoms with Crippen LogP contribution in [-0.2, 0) is 0 Å². The van der Waals surface area contributed by atoms with E-state index in [1.165, 1.54) is 0 Å². The summed E-state index contributed by atoms with van der Waals surface area (Å²) >= 11 is 0. The molecule has 0 amide bonds. The Balaban J connectivity index is 1.89. The summed E-state index contributed by atoms with van der Waals surface area (Å²) < 4.78 is 6.05. The zero-order chi connectivity index (χ0) is 13.3. The minimum Gasteiger partial charge on any atom is -0.464 e. The summed E-state index contributed by atoms with van der Waals surface area (Å²) in [7, 11) is 0. The van der Waals surface area contributed by atoms with Gasteiger partial charge in [0.2, 0.25) is 0 Å². The van der Waals surface area contributed by atoms with E-state index in [1.807, 2.05) is 61.5 Å². The maximum absolute atomic E-state index is 6.05. The van der Waals surface area contributed by atoms with Crippen molar-refractivity contribution in [3.05, 3.63) is 72.7 Å². The van der Waals surface area contributed by atoms with Gasteiger partial charge in [0.25, 0.3) is 0 Å². The Morgan fingerprint density at radius 2 is 1.79 bits per heavy atom. The molecule has 95 valence electrons. The van der Waals surface area contributed by atoms with Crippen molar-refractivity contribution in [1.29, 1.82) is 0 Å². The fourth-order valence-corrected chi connectivity index (χ4v) is 2.20. The highest BCUT2D eigenvalue weighted by molar-refractivity contribution is 5.63. The van der Waals surface area contributed by atoms with Crippen LogP contribution in [0.2, 0.25) is 0 Å². The van der Waals surface area contributed by atoms with Crippen LogP contribution in [0.25, 0.3) is 6.08 Å². The standard InChI is InChI=1S/C17H16NO/c1-13-7-3-5-9-15(13)18-17(2)12-11-14-8-4-6-10-16(14)19-17/h3-12,18H,1H2,2H3. The normalized spacial score (nSPS) is 20.5. The molecule has 0 fully saturated rings. The monoisotopic (exact) mass is 250 g/mol. The van der Waals surface area contributed by atoms with Crippen molar-refractivity contribution in [2.75, 3.05) is 5.32 Å². The summed E-state index contributed by atoms with van der Waals surface area (Å²) in [4.78, 5) is 0. The summed E-state index contributed by atoms with van der Waals surface area (Å²) in [6.45, 7) is 6.03. The van der Waals surface area contributed by atoms with E-state index in [4.69, 9.17) is 4.74 Å². The van der Waals surface area contributed by atoms with Gasteiger partial charge in [-0.05, 0) is 43.7 Å². The quantitative estimate of drug-likeness (QED) is 0.866. The number of anilines is 1. The highest BCUT2D eigenvalue weighted by atomic mass is 16.5. The minimum atomic E-state index is -0.553. The van der Waals surface area contributed by atoms with Crippen LogP contribution in [0.5, 0.6) is 5.75 Å². The Kier molecular flexibility index (Phi) is 2.79. The van der Waals surface area contributed by atoms with Crippen molar-refractivity contribution >= 4 is 11.8 Å². The fourth-order valence-electron chi connectivity index (χ4n) is 2.20. The zero-order valence-corrected chi connectivity index (χ0v) is 10.9. The minimum absolute atomic E-state index is 0.553. The zero-order valence-electron chi connectivity index (χ0n) is 10.9. The highest BCUT2D eigenvalue weighted by Gasteiger charge is 2.27. The molecule has 1 aliphatic heterocycles. The molecular weight excluding hydrogens is 234 g/mol. The number of fused-ring (bicyclic) bond motifs is 1. The Labute approximate surface area is 113 Å². The predicted octanol–water partition coefficient (Wildman–Crippen LogP) is 4.10. The molecule has 1 aliphatic rings. The van der Waals surface area contributed by atoms with Crippen molar-refractivity contribution in [2.24, 2.45) is 0 Å². The van der Waals surface area contributed by atoms with Crippen LogP contribution in [0, 0.1) is 6.92 Å². The molecule has 1 unspecified atom stereocenters. The van der Waals surface area contributed by atoms with Gasteiger partial charge < -0.3 is 10.1 Å². The summed E-state index contributed by atoms with van der Waals surface area (Å²) in [5, 5.41) is 3.39. The van der Waals surface area contributed by atoms with Gasteiger partial charge >= 0.3 is 0 Å². The van der Waals surface area contributed by atoms with E-state index in [1.54, 1.807) is 0 Å². The molecule has 1 N–H and O–H groups in total. The van der Waals surface area contributed by atoms with Crippen LogP contribution in [0.3, 0.4) is 0 Å². The van der Waals surface area contributed by atoms with Crippen LogP contribution in [0.15, 0.2) is 54.6 Å². The van der Waals surface area contributed by atoms with Gasteiger partial charge in [0.15, 0.2) is 5.72 Å². The number of hydrogen-bond donors (Lipinski definition) is 1. The second-order valence-electron chi connectivity index (χ2n) is 4.86. The molecule has 1 radical (unpaired) electrons. The lowest BCUT2D eigenvalue weighted by molar-refractivity contribution is 0.168. The van der Waals surface area contributed by atoms with Crippen molar-refractivity contribution < 1.29 is 4.74 Å². The topological polar surface area (TPSA) is 21.3 Å². The van der Waals surface area contributed by atoms with Gasteiger partial charge in [-0.25, -0.2) is 0 Å². The van der Waals surface area contributed by atoms with E-state index in [9.17, 15) is 0 Å². The van der Waals surface area contributed by atoms with Gasteiger partial charge in [0.05, 0.1) is 0 Å². The maximum atomic E-state index is 6.05. The van der Waals surface area contributed by atoms with Gasteiger partial charge in [-0.1, -0.05) is 36.4 Å². The molecule has 2 nitrogen and oxygen atoms in total. The molecule has 0 saturated carbocycles. The number of rotatable bonds is 2. The molecule has 0 bridgehead atoms. The average Bonchev–Trinajstić information content (AvgIpc) is 2.41. The Bertz CT molecular complexity index is 633.